The molecule has 0 bridgehead atoms. The molecule has 1 unspecified atom stereocenters. The minimum Gasteiger partial charge on any atom is -0.385 e. The highest BCUT2D eigenvalue weighted by molar-refractivity contribution is 4.79. The Morgan fingerprint density at radius 3 is 2.57 bits per heavy atom. The lowest BCUT2D eigenvalue weighted by atomic mass is 9.94. The summed E-state index contributed by atoms with van der Waals surface area (Å²) in [6, 6.07) is 0.759. The minimum absolute atomic E-state index is 0.759. The van der Waals surface area contributed by atoms with Gasteiger partial charge >= 0.3 is 0 Å². The van der Waals surface area contributed by atoms with Crippen molar-refractivity contribution < 1.29 is 4.74 Å². The molecular weight excluding hydrogens is 174 g/mol. The third-order valence-corrected chi connectivity index (χ3v) is 3.45. The van der Waals surface area contributed by atoms with Crippen molar-refractivity contribution in [2.24, 2.45) is 5.92 Å². The maximum atomic E-state index is 5.06. The average molecular weight is 199 g/mol. The second-order valence-electron chi connectivity index (χ2n) is 4.43. The first kappa shape index (κ1) is 12.0. The Hall–Kier alpha value is -0.0800. The van der Waals surface area contributed by atoms with Crippen LogP contribution in [0.1, 0.15) is 44.9 Å². The van der Waals surface area contributed by atoms with Crippen LogP contribution in [0.2, 0.25) is 0 Å². The van der Waals surface area contributed by atoms with Gasteiger partial charge < -0.3 is 10.1 Å². The zero-order valence-corrected chi connectivity index (χ0v) is 9.72. The monoisotopic (exact) mass is 199 g/mol. The van der Waals surface area contributed by atoms with E-state index in [0.717, 1.165) is 18.6 Å². The van der Waals surface area contributed by atoms with Crippen molar-refractivity contribution in [1.29, 1.82) is 0 Å². The molecule has 0 spiro atoms. The van der Waals surface area contributed by atoms with E-state index in [1.807, 2.05) is 0 Å². The Balaban J connectivity index is 2.11. The molecule has 0 amide bonds. The molecule has 0 aliphatic heterocycles. The van der Waals surface area contributed by atoms with E-state index >= 15 is 0 Å². The van der Waals surface area contributed by atoms with Crippen molar-refractivity contribution in [1.82, 2.24) is 5.32 Å². The van der Waals surface area contributed by atoms with Crippen LogP contribution >= 0.6 is 0 Å². The van der Waals surface area contributed by atoms with Crippen LogP contribution in [-0.2, 0) is 4.74 Å². The first-order chi connectivity index (χ1) is 6.88. The zero-order valence-electron chi connectivity index (χ0n) is 9.72. The second-order valence-corrected chi connectivity index (χ2v) is 4.43. The molecular formula is C12H25NO. The minimum atomic E-state index is 0.759. The quantitative estimate of drug-likeness (QED) is 0.636. The molecule has 0 aromatic rings. The van der Waals surface area contributed by atoms with Crippen molar-refractivity contribution in [2.45, 2.75) is 51.0 Å². The summed E-state index contributed by atoms with van der Waals surface area (Å²) in [7, 11) is 3.89. The van der Waals surface area contributed by atoms with Crippen LogP contribution in [0.15, 0.2) is 0 Å². The van der Waals surface area contributed by atoms with Gasteiger partial charge in [-0.2, -0.15) is 0 Å². The highest BCUT2D eigenvalue weighted by Crippen LogP contribution is 2.29. The summed E-state index contributed by atoms with van der Waals surface area (Å²) in [4.78, 5) is 0. The fraction of sp³-hybridized carbons (Fsp3) is 1.00. The van der Waals surface area contributed by atoms with Gasteiger partial charge in [0.2, 0.25) is 0 Å². The molecule has 1 rings (SSSR count). The van der Waals surface area contributed by atoms with Crippen molar-refractivity contribution >= 4 is 0 Å². The topological polar surface area (TPSA) is 21.3 Å². The molecule has 0 saturated heterocycles. The molecule has 1 fully saturated rings. The fourth-order valence-corrected chi connectivity index (χ4v) is 2.59. The highest BCUT2D eigenvalue weighted by atomic mass is 16.5. The van der Waals surface area contributed by atoms with Crippen LogP contribution in [0.4, 0.5) is 0 Å². The average Bonchev–Trinajstić information content (AvgIpc) is 2.71. The first-order valence-electron chi connectivity index (χ1n) is 6.04. The van der Waals surface area contributed by atoms with Crippen LogP contribution in [0, 0.1) is 5.92 Å². The van der Waals surface area contributed by atoms with Gasteiger partial charge in [0.25, 0.3) is 0 Å². The number of hydrogen-bond donors (Lipinski definition) is 1. The van der Waals surface area contributed by atoms with Crippen LogP contribution in [0.3, 0.4) is 0 Å². The number of methoxy groups -OCH3 is 1. The Morgan fingerprint density at radius 1 is 1.29 bits per heavy atom. The summed E-state index contributed by atoms with van der Waals surface area (Å²) in [5.74, 6) is 0.947. The molecule has 2 heteroatoms. The van der Waals surface area contributed by atoms with E-state index in [2.05, 4.69) is 12.4 Å². The number of ether oxygens (including phenoxy) is 1. The van der Waals surface area contributed by atoms with E-state index in [9.17, 15) is 0 Å². The second kappa shape index (κ2) is 7.24. The molecule has 1 N–H and O–H groups in total. The molecule has 84 valence electrons. The SMILES string of the molecule is CNC(CCCCOC)C1CCCC1. The zero-order chi connectivity index (χ0) is 10.2. The Morgan fingerprint density at radius 2 is 2.00 bits per heavy atom. The van der Waals surface area contributed by atoms with E-state index in [0.29, 0.717) is 0 Å². The van der Waals surface area contributed by atoms with E-state index in [1.54, 1.807) is 7.11 Å². The summed E-state index contributed by atoms with van der Waals surface area (Å²) in [5.41, 5.74) is 0. The number of hydrogen-bond acceptors (Lipinski definition) is 2. The predicted octanol–water partition coefficient (Wildman–Crippen LogP) is 2.58. The van der Waals surface area contributed by atoms with Crippen molar-refractivity contribution in [3.05, 3.63) is 0 Å². The molecule has 2 nitrogen and oxygen atoms in total. The van der Waals surface area contributed by atoms with Gasteiger partial charge in [-0.3, -0.25) is 0 Å². The van der Waals surface area contributed by atoms with Crippen molar-refractivity contribution in [3.8, 4) is 0 Å². The number of nitrogens with one attached hydrogen (secondary N) is 1. The van der Waals surface area contributed by atoms with Gasteiger partial charge in [0.15, 0.2) is 0 Å². The van der Waals surface area contributed by atoms with Crippen molar-refractivity contribution in [3.63, 3.8) is 0 Å². The third-order valence-electron chi connectivity index (χ3n) is 3.45. The van der Waals surface area contributed by atoms with Gasteiger partial charge in [0, 0.05) is 19.8 Å². The van der Waals surface area contributed by atoms with Crippen LogP contribution in [0.25, 0.3) is 0 Å². The predicted molar refractivity (Wildman–Crippen MR) is 60.5 cm³/mol. The summed E-state index contributed by atoms with van der Waals surface area (Å²) < 4.78 is 5.06. The normalized spacial score (nSPS) is 20.1. The lowest BCUT2D eigenvalue weighted by Gasteiger charge is -2.22. The molecule has 1 aliphatic rings. The summed E-state index contributed by atoms with van der Waals surface area (Å²) in [6.07, 6.45) is 9.61. The van der Waals surface area contributed by atoms with Crippen LogP contribution < -0.4 is 5.32 Å². The Labute approximate surface area is 88.4 Å². The van der Waals surface area contributed by atoms with Crippen molar-refractivity contribution in [2.75, 3.05) is 20.8 Å². The van der Waals surface area contributed by atoms with Crippen LogP contribution in [0.5, 0.6) is 0 Å². The molecule has 1 aliphatic carbocycles. The Bertz CT molecular complexity index is 132. The largest absolute Gasteiger partial charge is 0.385 e. The Kier molecular flexibility index (Phi) is 6.20. The lowest BCUT2D eigenvalue weighted by molar-refractivity contribution is 0.189. The van der Waals surface area contributed by atoms with E-state index in [-0.39, 0.29) is 0 Å². The first-order valence-corrected chi connectivity index (χ1v) is 6.04. The third kappa shape index (κ3) is 3.97. The molecule has 14 heavy (non-hydrogen) atoms. The van der Waals surface area contributed by atoms with Gasteiger partial charge in [-0.15, -0.1) is 0 Å². The molecule has 1 atom stereocenters. The summed E-state index contributed by atoms with van der Waals surface area (Å²) in [6.45, 7) is 0.918. The highest BCUT2D eigenvalue weighted by Gasteiger charge is 2.22. The fourth-order valence-electron chi connectivity index (χ4n) is 2.59. The molecule has 1 saturated carbocycles. The van der Waals surface area contributed by atoms with Crippen LogP contribution in [-0.4, -0.2) is 26.8 Å². The van der Waals surface area contributed by atoms with E-state index in [1.165, 1.54) is 44.9 Å². The van der Waals surface area contributed by atoms with Gasteiger partial charge in [0.1, 0.15) is 0 Å². The molecule has 0 heterocycles. The standard InChI is InChI=1S/C12H25NO/c1-13-12(9-5-6-10-14-2)11-7-3-4-8-11/h11-13H,3-10H2,1-2H3. The van der Waals surface area contributed by atoms with Gasteiger partial charge in [-0.25, -0.2) is 0 Å². The van der Waals surface area contributed by atoms with Gasteiger partial charge in [0.05, 0.1) is 0 Å². The molecule has 0 radical (unpaired) electrons. The number of unbranched alkanes of at least 4 members (excludes halogenated alkanes) is 1. The number of rotatable bonds is 7. The molecule has 0 aromatic carbocycles. The maximum absolute atomic E-state index is 5.06. The lowest BCUT2D eigenvalue weighted by Crippen LogP contribution is -2.32. The van der Waals surface area contributed by atoms with Gasteiger partial charge in [-0.05, 0) is 45.1 Å². The summed E-state index contributed by atoms with van der Waals surface area (Å²) in [5, 5.41) is 3.48. The van der Waals surface area contributed by atoms with Gasteiger partial charge in [-0.1, -0.05) is 12.8 Å². The maximum Gasteiger partial charge on any atom is 0.0462 e. The van der Waals surface area contributed by atoms with E-state index in [4.69, 9.17) is 4.74 Å². The molecule has 0 aromatic heterocycles. The van der Waals surface area contributed by atoms with E-state index < -0.39 is 0 Å². The smallest absolute Gasteiger partial charge is 0.0462 e. The summed E-state index contributed by atoms with van der Waals surface area (Å²) >= 11 is 0.